The van der Waals surface area contributed by atoms with E-state index in [0.29, 0.717) is 18.0 Å². The summed E-state index contributed by atoms with van der Waals surface area (Å²) in [5.41, 5.74) is 4.75. The smallest absolute Gasteiger partial charge is 0.229 e. The van der Waals surface area contributed by atoms with E-state index in [1.54, 1.807) is 12.1 Å². The lowest BCUT2D eigenvalue weighted by atomic mass is 9.86. The van der Waals surface area contributed by atoms with E-state index in [9.17, 15) is 13.2 Å². The minimum absolute atomic E-state index is 0.237. The average Bonchev–Trinajstić information content (AvgIpc) is 3.09. The van der Waals surface area contributed by atoms with Gasteiger partial charge in [0.05, 0.1) is 17.6 Å². The van der Waals surface area contributed by atoms with Crippen LogP contribution in [0.2, 0.25) is 0 Å². The van der Waals surface area contributed by atoms with Crippen molar-refractivity contribution in [3.05, 3.63) is 41.2 Å². The monoisotopic (exact) mass is 501 g/mol. The summed E-state index contributed by atoms with van der Waals surface area (Å²) in [6, 6.07) is 7.53. The first-order valence-electron chi connectivity index (χ1n) is 12.8. The molecule has 2 N–H and O–H groups in total. The van der Waals surface area contributed by atoms with E-state index < -0.39 is 10.0 Å². The van der Waals surface area contributed by atoms with Crippen molar-refractivity contribution in [3.63, 3.8) is 0 Å². The van der Waals surface area contributed by atoms with Crippen LogP contribution in [-0.4, -0.2) is 54.4 Å². The molecule has 192 valence electrons. The fourth-order valence-corrected chi connectivity index (χ4v) is 6.00. The number of nitrogens with one attached hydrogen (secondary N) is 2. The first kappa shape index (κ1) is 25.7. The Hall–Kier alpha value is -2.39. The Balaban J connectivity index is 1.30. The highest BCUT2D eigenvalue weighted by Gasteiger charge is 2.24. The summed E-state index contributed by atoms with van der Waals surface area (Å²) in [6.07, 6.45) is 10.1. The summed E-state index contributed by atoms with van der Waals surface area (Å²) >= 11 is 0. The van der Waals surface area contributed by atoms with E-state index >= 15 is 0 Å². The lowest BCUT2D eigenvalue weighted by Gasteiger charge is -2.33. The van der Waals surface area contributed by atoms with Gasteiger partial charge in [-0.15, -0.1) is 0 Å². The van der Waals surface area contributed by atoms with Crippen LogP contribution in [0.25, 0.3) is 5.69 Å². The number of benzene rings is 1. The van der Waals surface area contributed by atoms with Gasteiger partial charge in [-0.1, -0.05) is 19.3 Å². The van der Waals surface area contributed by atoms with Crippen LogP contribution in [-0.2, 0) is 21.4 Å². The minimum atomic E-state index is -3.30. The first-order chi connectivity index (χ1) is 16.7. The van der Waals surface area contributed by atoms with Crippen LogP contribution in [0.15, 0.2) is 24.3 Å². The average molecular weight is 502 g/mol. The maximum atomic E-state index is 12.5. The van der Waals surface area contributed by atoms with E-state index in [4.69, 9.17) is 5.10 Å². The Kier molecular flexibility index (Phi) is 8.16. The summed E-state index contributed by atoms with van der Waals surface area (Å²) in [4.78, 5) is 14.9. The Bertz CT molecular complexity index is 1110. The van der Waals surface area contributed by atoms with Gasteiger partial charge in [0.1, 0.15) is 0 Å². The van der Waals surface area contributed by atoms with Gasteiger partial charge in [0, 0.05) is 49.0 Å². The molecule has 0 atom stereocenters. The molecule has 9 heteroatoms. The zero-order valence-electron chi connectivity index (χ0n) is 21.2. The molecule has 1 saturated heterocycles. The number of rotatable bonds is 8. The van der Waals surface area contributed by atoms with Crippen LogP contribution in [0.4, 0.5) is 5.69 Å². The number of piperidine rings is 1. The second-order valence-electron chi connectivity index (χ2n) is 10.3. The molecule has 1 amide bonds. The fraction of sp³-hybridized carbons (Fsp3) is 0.615. The molecular weight excluding hydrogens is 462 g/mol. The molecule has 8 nitrogen and oxygen atoms in total. The highest BCUT2D eigenvalue weighted by molar-refractivity contribution is 7.92. The van der Waals surface area contributed by atoms with Crippen LogP contribution in [0.3, 0.4) is 0 Å². The van der Waals surface area contributed by atoms with E-state index in [1.807, 2.05) is 23.7 Å². The van der Waals surface area contributed by atoms with Gasteiger partial charge in [-0.3, -0.25) is 14.4 Å². The van der Waals surface area contributed by atoms with Crippen molar-refractivity contribution < 1.29 is 13.2 Å². The molecule has 2 aliphatic rings. The number of likely N-dealkylation sites (tertiary alicyclic amines) is 1. The largest absolute Gasteiger partial charge is 0.353 e. The third-order valence-electron chi connectivity index (χ3n) is 7.39. The number of aryl methyl sites for hydroxylation is 1. The number of hydrogen-bond donors (Lipinski definition) is 2. The van der Waals surface area contributed by atoms with Gasteiger partial charge in [0.2, 0.25) is 15.9 Å². The fourth-order valence-electron chi connectivity index (χ4n) is 5.44. The zero-order chi connectivity index (χ0) is 25.0. The molecular formula is C26H39N5O3S. The molecule has 4 rings (SSSR count). The number of amides is 1. The Morgan fingerprint density at radius 2 is 1.69 bits per heavy atom. The maximum Gasteiger partial charge on any atom is 0.229 e. The Morgan fingerprint density at radius 3 is 2.31 bits per heavy atom. The summed E-state index contributed by atoms with van der Waals surface area (Å²) in [5.74, 6) is 0.819. The zero-order valence-corrected chi connectivity index (χ0v) is 22.0. The van der Waals surface area contributed by atoms with E-state index in [0.717, 1.165) is 55.8 Å². The van der Waals surface area contributed by atoms with Gasteiger partial charge in [0.25, 0.3) is 0 Å². The van der Waals surface area contributed by atoms with E-state index in [-0.39, 0.29) is 11.9 Å². The van der Waals surface area contributed by atoms with Crippen LogP contribution < -0.4 is 10.0 Å². The molecule has 2 heterocycles. The predicted octanol–water partition coefficient (Wildman–Crippen LogP) is 3.91. The highest BCUT2D eigenvalue weighted by atomic mass is 32.2. The predicted molar refractivity (Wildman–Crippen MR) is 139 cm³/mol. The number of carbonyl (C=O) groups excluding carboxylic acids is 1. The molecule has 1 aliphatic heterocycles. The van der Waals surface area contributed by atoms with Crippen molar-refractivity contribution in [2.24, 2.45) is 5.92 Å². The molecule has 2 aromatic rings. The minimum Gasteiger partial charge on any atom is -0.353 e. The summed E-state index contributed by atoms with van der Waals surface area (Å²) in [7, 11) is -3.30. The van der Waals surface area contributed by atoms with Crippen molar-refractivity contribution in [2.45, 2.75) is 77.8 Å². The molecule has 1 aliphatic carbocycles. The van der Waals surface area contributed by atoms with Gasteiger partial charge >= 0.3 is 0 Å². The molecule has 2 fully saturated rings. The van der Waals surface area contributed by atoms with Crippen LogP contribution >= 0.6 is 0 Å². The quantitative estimate of drug-likeness (QED) is 0.572. The molecule has 1 aromatic carbocycles. The maximum absolute atomic E-state index is 12.5. The number of nitrogens with zero attached hydrogens (tertiary/aromatic N) is 3. The van der Waals surface area contributed by atoms with Crippen molar-refractivity contribution in [1.29, 1.82) is 0 Å². The summed E-state index contributed by atoms with van der Waals surface area (Å²) in [5, 5.41) is 8.05. The summed E-state index contributed by atoms with van der Waals surface area (Å²) in [6.45, 7) is 6.88. The molecule has 0 bridgehead atoms. The molecule has 35 heavy (non-hydrogen) atoms. The number of aromatic nitrogens is 2. The normalized spacial score (nSPS) is 18.5. The number of hydrogen-bond acceptors (Lipinski definition) is 5. The van der Waals surface area contributed by atoms with Gasteiger partial charge in [-0.25, -0.2) is 13.1 Å². The van der Waals surface area contributed by atoms with Gasteiger partial charge < -0.3 is 5.32 Å². The van der Waals surface area contributed by atoms with Crippen molar-refractivity contribution in [1.82, 2.24) is 20.0 Å². The standard InChI is InChI=1S/C26H39N5O3S/c1-19-25(20(2)31(28-19)24-11-9-23(10-12-24)29-35(3,33)34)18-30-15-13-22(14-16-30)27-26(32)17-21-7-5-4-6-8-21/h9-12,21-22,29H,4-8,13-18H2,1-3H3,(H,27,32). The topological polar surface area (TPSA) is 96.3 Å². The Morgan fingerprint density at radius 1 is 1.03 bits per heavy atom. The van der Waals surface area contributed by atoms with Crippen LogP contribution in [0.5, 0.6) is 0 Å². The second-order valence-corrected chi connectivity index (χ2v) is 12.1. The lowest BCUT2D eigenvalue weighted by molar-refractivity contribution is -0.123. The van der Waals surface area contributed by atoms with Crippen LogP contribution in [0, 0.1) is 19.8 Å². The van der Waals surface area contributed by atoms with Crippen LogP contribution in [0.1, 0.15) is 68.3 Å². The number of carbonyl (C=O) groups is 1. The SMILES string of the molecule is Cc1nn(-c2ccc(NS(C)(=O)=O)cc2)c(C)c1CN1CCC(NC(=O)CC2CCCCC2)CC1. The Labute approximate surface area is 209 Å². The van der Waals surface area contributed by atoms with Gasteiger partial charge in [-0.05, 0) is 69.7 Å². The van der Waals surface area contributed by atoms with Crippen molar-refractivity contribution in [3.8, 4) is 5.69 Å². The van der Waals surface area contributed by atoms with Crippen molar-refractivity contribution in [2.75, 3.05) is 24.1 Å². The highest BCUT2D eigenvalue weighted by Crippen LogP contribution is 2.27. The number of sulfonamides is 1. The second kappa shape index (κ2) is 11.1. The van der Waals surface area contributed by atoms with Gasteiger partial charge in [0.15, 0.2) is 0 Å². The third-order valence-corrected chi connectivity index (χ3v) is 8.00. The lowest BCUT2D eigenvalue weighted by Crippen LogP contribution is -2.44. The molecule has 1 saturated carbocycles. The molecule has 0 unspecified atom stereocenters. The third kappa shape index (κ3) is 7.07. The van der Waals surface area contributed by atoms with E-state index in [2.05, 4.69) is 21.9 Å². The van der Waals surface area contributed by atoms with Gasteiger partial charge in [-0.2, -0.15) is 5.10 Å². The van der Waals surface area contributed by atoms with E-state index in [1.165, 1.54) is 37.7 Å². The molecule has 0 radical (unpaired) electrons. The summed E-state index contributed by atoms with van der Waals surface area (Å²) < 4.78 is 27.3. The van der Waals surface area contributed by atoms with Crippen molar-refractivity contribution >= 4 is 21.6 Å². The first-order valence-corrected chi connectivity index (χ1v) is 14.7. The number of anilines is 1. The molecule has 0 spiro atoms. The molecule has 1 aromatic heterocycles.